The highest BCUT2D eigenvalue weighted by molar-refractivity contribution is 7.93. The van der Waals surface area contributed by atoms with Crippen LogP contribution in [0.15, 0.2) is 53.4 Å². The van der Waals surface area contributed by atoms with Crippen LogP contribution >= 0.6 is 0 Å². The molecule has 0 saturated heterocycles. The van der Waals surface area contributed by atoms with Crippen molar-refractivity contribution in [2.24, 2.45) is 7.05 Å². The van der Waals surface area contributed by atoms with Gasteiger partial charge in [-0.25, -0.2) is 13.1 Å². The Kier molecular flexibility index (Phi) is 7.92. The van der Waals surface area contributed by atoms with E-state index in [-0.39, 0.29) is 18.1 Å². The van der Waals surface area contributed by atoms with Crippen LogP contribution in [0.3, 0.4) is 0 Å². The Labute approximate surface area is 195 Å². The zero-order valence-electron chi connectivity index (χ0n) is 19.5. The molecule has 0 amide bonds. The Morgan fingerprint density at radius 3 is 2.48 bits per heavy atom. The van der Waals surface area contributed by atoms with E-state index >= 15 is 0 Å². The van der Waals surface area contributed by atoms with Gasteiger partial charge >= 0.3 is 0 Å². The Morgan fingerprint density at radius 1 is 1.12 bits per heavy atom. The molecule has 0 aliphatic carbocycles. The quantitative estimate of drug-likeness (QED) is 0.359. The van der Waals surface area contributed by atoms with E-state index in [1.165, 1.54) is 18.9 Å². The van der Waals surface area contributed by atoms with Gasteiger partial charge in [-0.1, -0.05) is 18.2 Å². The lowest BCUT2D eigenvalue weighted by Gasteiger charge is -2.21. The van der Waals surface area contributed by atoms with Gasteiger partial charge in [-0.15, -0.1) is 0 Å². The van der Waals surface area contributed by atoms with Gasteiger partial charge in [0.15, 0.2) is 4.91 Å². The molecule has 0 aliphatic heterocycles. The molecular formula is C25H30N4O3S. The molecule has 1 heterocycles. The second kappa shape index (κ2) is 10.7. The molecule has 0 atom stereocenters. The summed E-state index contributed by atoms with van der Waals surface area (Å²) in [7, 11) is -0.567. The highest BCUT2D eigenvalue weighted by atomic mass is 32.2. The summed E-state index contributed by atoms with van der Waals surface area (Å²) < 4.78 is 34.0. The Bertz CT molecular complexity index is 1300. The van der Waals surface area contributed by atoms with Crippen molar-refractivity contribution in [2.75, 3.05) is 38.3 Å². The minimum atomic E-state index is -3.91. The van der Waals surface area contributed by atoms with Crippen LogP contribution in [0, 0.1) is 11.3 Å². The summed E-state index contributed by atoms with van der Waals surface area (Å²) in [6.07, 6.45) is 1.38. The number of nitrogens with one attached hydrogen (secondary N) is 1. The van der Waals surface area contributed by atoms with Crippen molar-refractivity contribution in [3.05, 3.63) is 59.1 Å². The first-order valence-electron chi connectivity index (χ1n) is 10.9. The molecule has 7 nitrogen and oxygen atoms in total. The molecule has 0 unspecified atom stereocenters. The van der Waals surface area contributed by atoms with Gasteiger partial charge in [0.2, 0.25) is 0 Å². The molecule has 0 spiro atoms. The van der Waals surface area contributed by atoms with Gasteiger partial charge in [0.25, 0.3) is 10.0 Å². The lowest BCUT2D eigenvalue weighted by molar-refractivity contribution is 0.204. The molecule has 174 valence electrons. The summed E-state index contributed by atoms with van der Waals surface area (Å²) in [5.74, 6) is 0. The fourth-order valence-electron chi connectivity index (χ4n) is 3.80. The van der Waals surface area contributed by atoms with Crippen molar-refractivity contribution in [3.8, 4) is 17.3 Å². The van der Waals surface area contributed by atoms with Crippen LogP contribution in [0.2, 0.25) is 0 Å². The standard InChI is InChI=1S/C25H30N4O3S/c1-5-29(6-2)23-10-9-19-15-21(8-7-20(19)16-23)25-12-11-22(28(25)3)17-24(18-26)33(30,31)27-13-14-32-4/h7-12,15-17,27H,5-6,13-14H2,1-4H3/b24-17+. The van der Waals surface area contributed by atoms with E-state index in [1.54, 1.807) is 6.07 Å². The van der Waals surface area contributed by atoms with Crippen molar-refractivity contribution in [2.45, 2.75) is 13.8 Å². The van der Waals surface area contributed by atoms with E-state index in [1.807, 2.05) is 23.7 Å². The fourth-order valence-corrected chi connectivity index (χ4v) is 4.70. The number of ether oxygens (including phenoxy) is 1. The maximum Gasteiger partial charge on any atom is 0.250 e. The van der Waals surface area contributed by atoms with Gasteiger partial charge in [-0.3, -0.25) is 0 Å². The smallest absolute Gasteiger partial charge is 0.250 e. The van der Waals surface area contributed by atoms with Crippen LogP contribution in [0.4, 0.5) is 5.69 Å². The number of nitriles is 1. The first-order chi connectivity index (χ1) is 15.8. The fraction of sp³-hybridized carbons (Fsp3) is 0.320. The van der Waals surface area contributed by atoms with Crippen LogP contribution in [0.1, 0.15) is 19.5 Å². The third kappa shape index (κ3) is 5.45. The third-order valence-corrected chi connectivity index (χ3v) is 7.06. The van der Waals surface area contributed by atoms with Gasteiger partial charge in [-0.05, 0) is 66.6 Å². The predicted molar refractivity (Wildman–Crippen MR) is 134 cm³/mol. The number of nitrogens with zero attached hydrogens (tertiary/aromatic N) is 3. The van der Waals surface area contributed by atoms with Crippen molar-refractivity contribution in [1.29, 1.82) is 5.26 Å². The normalized spacial score (nSPS) is 12.2. The molecule has 2 aromatic carbocycles. The molecule has 1 aromatic heterocycles. The van der Waals surface area contributed by atoms with E-state index in [9.17, 15) is 13.7 Å². The second-order valence-electron chi connectivity index (χ2n) is 7.63. The summed E-state index contributed by atoms with van der Waals surface area (Å²) in [4.78, 5) is 1.97. The SMILES string of the molecule is CCN(CC)c1ccc2cc(-c3ccc(/C=C(\C#N)S(=O)(=O)NCCOC)n3C)ccc2c1. The monoisotopic (exact) mass is 466 g/mol. The molecule has 33 heavy (non-hydrogen) atoms. The highest BCUT2D eigenvalue weighted by Crippen LogP contribution is 2.29. The number of aromatic nitrogens is 1. The van der Waals surface area contributed by atoms with Gasteiger partial charge in [0, 0.05) is 50.9 Å². The first kappa shape index (κ1) is 24.5. The van der Waals surface area contributed by atoms with E-state index < -0.39 is 10.0 Å². The maximum absolute atomic E-state index is 12.4. The zero-order valence-corrected chi connectivity index (χ0v) is 20.3. The van der Waals surface area contributed by atoms with Gasteiger partial charge < -0.3 is 14.2 Å². The van der Waals surface area contributed by atoms with E-state index in [0.717, 1.165) is 35.1 Å². The summed E-state index contributed by atoms with van der Waals surface area (Å²) in [5.41, 5.74) is 3.77. The van der Waals surface area contributed by atoms with Crippen molar-refractivity contribution in [3.63, 3.8) is 0 Å². The Morgan fingerprint density at radius 2 is 1.82 bits per heavy atom. The molecule has 0 radical (unpaired) electrons. The maximum atomic E-state index is 12.4. The molecule has 1 N–H and O–H groups in total. The molecule has 0 aliphatic rings. The molecule has 0 saturated carbocycles. The minimum Gasteiger partial charge on any atom is -0.383 e. The molecule has 3 rings (SSSR count). The highest BCUT2D eigenvalue weighted by Gasteiger charge is 2.18. The summed E-state index contributed by atoms with van der Waals surface area (Å²) >= 11 is 0. The first-order valence-corrected chi connectivity index (χ1v) is 12.4. The Balaban J connectivity index is 1.93. The van der Waals surface area contributed by atoms with Crippen LogP contribution in [-0.2, 0) is 21.8 Å². The van der Waals surface area contributed by atoms with Crippen molar-refractivity contribution < 1.29 is 13.2 Å². The molecule has 0 fully saturated rings. The zero-order chi connectivity index (χ0) is 24.0. The number of methoxy groups -OCH3 is 1. The summed E-state index contributed by atoms with van der Waals surface area (Å²) in [5, 5.41) is 11.7. The van der Waals surface area contributed by atoms with Crippen molar-refractivity contribution >= 4 is 32.6 Å². The third-order valence-electron chi connectivity index (χ3n) is 5.69. The van der Waals surface area contributed by atoms with Crippen LogP contribution < -0.4 is 9.62 Å². The molecular weight excluding hydrogens is 436 g/mol. The van der Waals surface area contributed by atoms with Crippen LogP contribution in [-0.4, -0.2) is 46.3 Å². The number of anilines is 1. The van der Waals surface area contributed by atoms with Gasteiger partial charge in [0.1, 0.15) is 6.07 Å². The van der Waals surface area contributed by atoms with Crippen molar-refractivity contribution in [1.82, 2.24) is 9.29 Å². The number of rotatable bonds is 10. The number of benzene rings is 2. The van der Waals surface area contributed by atoms with Crippen LogP contribution in [0.25, 0.3) is 28.1 Å². The topological polar surface area (TPSA) is 87.4 Å². The predicted octanol–water partition coefficient (Wildman–Crippen LogP) is 4.12. The van der Waals surface area contributed by atoms with E-state index in [4.69, 9.17) is 4.74 Å². The average Bonchev–Trinajstić information content (AvgIpc) is 3.17. The number of allylic oxidation sites excluding steroid dienone is 1. The minimum absolute atomic E-state index is 0.101. The molecule has 8 heteroatoms. The number of hydrogen-bond acceptors (Lipinski definition) is 5. The average molecular weight is 467 g/mol. The van der Waals surface area contributed by atoms with E-state index in [2.05, 4.69) is 59.9 Å². The second-order valence-corrected chi connectivity index (χ2v) is 9.37. The Hall–Kier alpha value is -3.12. The lowest BCUT2D eigenvalue weighted by atomic mass is 10.0. The number of fused-ring (bicyclic) bond motifs is 1. The molecule has 0 bridgehead atoms. The van der Waals surface area contributed by atoms with Gasteiger partial charge in [-0.2, -0.15) is 5.26 Å². The van der Waals surface area contributed by atoms with Crippen LogP contribution in [0.5, 0.6) is 0 Å². The number of sulfonamides is 1. The lowest BCUT2D eigenvalue weighted by Crippen LogP contribution is -2.28. The van der Waals surface area contributed by atoms with Gasteiger partial charge in [0.05, 0.1) is 6.61 Å². The number of hydrogen-bond donors (Lipinski definition) is 1. The summed E-state index contributed by atoms with van der Waals surface area (Å²) in [6.45, 7) is 6.55. The summed E-state index contributed by atoms with van der Waals surface area (Å²) in [6, 6.07) is 18.3. The molecule has 3 aromatic rings. The largest absolute Gasteiger partial charge is 0.383 e. The van der Waals surface area contributed by atoms with E-state index in [0.29, 0.717) is 5.69 Å².